The fourth-order valence-corrected chi connectivity index (χ4v) is 2.71. The van der Waals surface area contributed by atoms with Gasteiger partial charge in [-0.25, -0.2) is 0 Å². The van der Waals surface area contributed by atoms with Gasteiger partial charge in [-0.05, 0) is 25.8 Å². The molecule has 0 heterocycles. The van der Waals surface area contributed by atoms with E-state index in [9.17, 15) is 13.2 Å². The van der Waals surface area contributed by atoms with E-state index in [0.717, 1.165) is 19.4 Å². The molecule has 0 radical (unpaired) electrons. The van der Waals surface area contributed by atoms with Gasteiger partial charge in [-0.3, -0.25) is 0 Å². The molecular weight excluding hydrogens is 259 g/mol. The third kappa shape index (κ3) is 4.64. The lowest BCUT2D eigenvalue weighted by atomic mass is 9.85. The van der Waals surface area contributed by atoms with E-state index in [4.69, 9.17) is 0 Å². The molecule has 1 rings (SSSR count). The quantitative estimate of drug-likeness (QED) is 0.712. The lowest BCUT2D eigenvalue weighted by Crippen LogP contribution is -2.36. The van der Waals surface area contributed by atoms with Crippen LogP contribution in [0.15, 0.2) is 0 Å². The van der Waals surface area contributed by atoms with Crippen LogP contribution in [-0.4, -0.2) is 36.0 Å². The van der Waals surface area contributed by atoms with E-state index in [1.165, 1.54) is 0 Å². The summed E-state index contributed by atoms with van der Waals surface area (Å²) in [6, 6.07) is 0. The molecule has 14 heavy (non-hydrogen) atoms. The van der Waals surface area contributed by atoms with Crippen molar-refractivity contribution in [3.05, 3.63) is 0 Å². The molecule has 1 saturated carbocycles. The number of hydrogen-bond acceptors (Lipinski definition) is 1. The topological polar surface area (TPSA) is 3.24 Å². The SMILES string of the molecule is CN(CCC(F)(F)F)CC1CC(Br)C1. The van der Waals surface area contributed by atoms with Crippen LogP contribution < -0.4 is 0 Å². The second-order valence-electron chi connectivity index (χ2n) is 4.06. The maximum atomic E-state index is 11.9. The van der Waals surface area contributed by atoms with Crippen LogP contribution in [0.3, 0.4) is 0 Å². The zero-order valence-corrected chi connectivity index (χ0v) is 9.74. The Labute approximate surface area is 90.8 Å². The third-order valence-electron chi connectivity index (χ3n) is 2.53. The van der Waals surface area contributed by atoms with E-state index in [1.54, 1.807) is 11.9 Å². The first-order valence-electron chi connectivity index (χ1n) is 4.76. The predicted octanol–water partition coefficient (Wildman–Crippen LogP) is 3.04. The predicted molar refractivity (Wildman–Crippen MR) is 53.6 cm³/mol. The molecule has 0 aromatic carbocycles. The van der Waals surface area contributed by atoms with Gasteiger partial charge in [0.05, 0.1) is 6.42 Å². The largest absolute Gasteiger partial charge is 0.390 e. The molecule has 0 bridgehead atoms. The Hall–Kier alpha value is 0.230. The molecule has 84 valence electrons. The lowest BCUT2D eigenvalue weighted by Gasteiger charge is -2.34. The van der Waals surface area contributed by atoms with Gasteiger partial charge >= 0.3 is 6.18 Å². The Morgan fingerprint density at radius 1 is 1.36 bits per heavy atom. The summed E-state index contributed by atoms with van der Waals surface area (Å²) in [5.74, 6) is 0.581. The fraction of sp³-hybridized carbons (Fsp3) is 1.00. The number of rotatable bonds is 4. The molecule has 0 unspecified atom stereocenters. The first-order valence-corrected chi connectivity index (χ1v) is 5.68. The molecule has 1 aliphatic rings. The monoisotopic (exact) mass is 273 g/mol. The van der Waals surface area contributed by atoms with Crippen LogP contribution in [0.4, 0.5) is 13.2 Å². The van der Waals surface area contributed by atoms with Crippen molar-refractivity contribution in [2.24, 2.45) is 5.92 Å². The van der Waals surface area contributed by atoms with Gasteiger partial charge in [-0.2, -0.15) is 13.2 Å². The molecule has 1 nitrogen and oxygen atoms in total. The van der Waals surface area contributed by atoms with Crippen LogP contribution in [-0.2, 0) is 0 Å². The summed E-state index contributed by atoms with van der Waals surface area (Å²) >= 11 is 3.46. The Balaban J connectivity index is 2.07. The number of halogens is 4. The lowest BCUT2D eigenvalue weighted by molar-refractivity contribution is -0.137. The number of hydrogen-bond donors (Lipinski definition) is 0. The van der Waals surface area contributed by atoms with E-state index in [0.29, 0.717) is 10.7 Å². The Morgan fingerprint density at radius 3 is 2.36 bits per heavy atom. The standard InChI is InChI=1S/C9H15BrF3N/c1-14(3-2-9(11,12)13)6-7-4-8(10)5-7/h7-8H,2-6H2,1H3. The molecular formula is C9H15BrF3N. The van der Waals surface area contributed by atoms with E-state index >= 15 is 0 Å². The summed E-state index contributed by atoms with van der Waals surface area (Å²) in [5, 5.41) is 0. The van der Waals surface area contributed by atoms with Crippen molar-refractivity contribution >= 4 is 15.9 Å². The zero-order chi connectivity index (χ0) is 10.8. The van der Waals surface area contributed by atoms with Crippen LogP contribution in [0, 0.1) is 5.92 Å². The summed E-state index contributed by atoms with van der Waals surface area (Å²) in [6.07, 6.45) is -2.54. The molecule has 0 aromatic rings. The van der Waals surface area contributed by atoms with Gasteiger partial charge in [-0.1, -0.05) is 15.9 Å². The van der Waals surface area contributed by atoms with Gasteiger partial charge in [0.1, 0.15) is 0 Å². The van der Waals surface area contributed by atoms with Crippen LogP contribution in [0.1, 0.15) is 19.3 Å². The maximum absolute atomic E-state index is 11.9. The van der Waals surface area contributed by atoms with E-state index in [-0.39, 0.29) is 6.54 Å². The highest BCUT2D eigenvalue weighted by molar-refractivity contribution is 9.09. The highest BCUT2D eigenvalue weighted by Crippen LogP contribution is 2.33. The summed E-state index contributed by atoms with van der Waals surface area (Å²) in [7, 11) is 1.76. The first-order chi connectivity index (χ1) is 6.37. The van der Waals surface area contributed by atoms with Crippen molar-refractivity contribution in [3.8, 4) is 0 Å². The van der Waals surface area contributed by atoms with E-state index in [1.807, 2.05) is 0 Å². The van der Waals surface area contributed by atoms with Crippen LogP contribution in [0.2, 0.25) is 0 Å². The normalized spacial score (nSPS) is 27.9. The molecule has 0 spiro atoms. The van der Waals surface area contributed by atoms with Crippen molar-refractivity contribution in [1.29, 1.82) is 0 Å². The van der Waals surface area contributed by atoms with Gasteiger partial charge in [-0.15, -0.1) is 0 Å². The highest BCUT2D eigenvalue weighted by Gasteiger charge is 2.30. The fourth-order valence-electron chi connectivity index (χ4n) is 1.65. The van der Waals surface area contributed by atoms with Crippen molar-refractivity contribution in [1.82, 2.24) is 4.90 Å². The summed E-state index contributed by atoms with van der Waals surface area (Å²) in [5.41, 5.74) is 0. The van der Waals surface area contributed by atoms with Gasteiger partial charge in [0.2, 0.25) is 0 Å². The summed E-state index contributed by atoms with van der Waals surface area (Å²) in [6.45, 7) is 0.908. The maximum Gasteiger partial charge on any atom is 0.390 e. The van der Waals surface area contributed by atoms with Crippen molar-refractivity contribution < 1.29 is 13.2 Å². The van der Waals surface area contributed by atoms with Crippen LogP contribution in [0.5, 0.6) is 0 Å². The van der Waals surface area contributed by atoms with Crippen molar-refractivity contribution in [2.75, 3.05) is 20.1 Å². The smallest absolute Gasteiger partial charge is 0.306 e. The molecule has 0 saturated heterocycles. The second kappa shape index (κ2) is 4.84. The Kier molecular flexibility index (Phi) is 4.25. The van der Waals surface area contributed by atoms with Crippen molar-refractivity contribution in [3.63, 3.8) is 0 Å². The zero-order valence-electron chi connectivity index (χ0n) is 8.15. The molecule has 0 atom stereocenters. The Morgan fingerprint density at radius 2 is 1.93 bits per heavy atom. The molecule has 1 fully saturated rings. The minimum Gasteiger partial charge on any atom is -0.306 e. The second-order valence-corrected chi connectivity index (χ2v) is 5.36. The third-order valence-corrected chi connectivity index (χ3v) is 3.27. The Bertz CT molecular complexity index is 177. The van der Waals surface area contributed by atoms with Crippen molar-refractivity contribution in [2.45, 2.75) is 30.3 Å². The van der Waals surface area contributed by atoms with Gasteiger partial charge in [0, 0.05) is 17.9 Å². The number of alkyl halides is 4. The molecule has 5 heteroatoms. The van der Waals surface area contributed by atoms with E-state index < -0.39 is 12.6 Å². The molecule has 0 N–H and O–H groups in total. The molecule has 0 aliphatic heterocycles. The average molecular weight is 274 g/mol. The molecule has 0 amide bonds. The van der Waals surface area contributed by atoms with Gasteiger partial charge in [0.25, 0.3) is 0 Å². The van der Waals surface area contributed by atoms with Crippen LogP contribution in [0.25, 0.3) is 0 Å². The summed E-state index contributed by atoms with van der Waals surface area (Å²) < 4.78 is 35.6. The van der Waals surface area contributed by atoms with E-state index in [2.05, 4.69) is 15.9 Å². The molecule has 0 aromatic heterocycles. The number of nitrogens with zero attached hydrogens (tertiary/aromatic N) is 1. The van der Waals surface area contributed by atoms with Gasteiger partial charge in [0.15, 0.2) is 0 Å². The average Bonchev–Trinajstić information content (AvgIpc) is 1.97. The van der Waals surface area contributed by atoms with Gasteiger partial charge < -0.3 is 4.90 Å². The first kappa shape index (κ1) is 12.3. The minimum absolute atomic E-state index is 0.118. The highest BCUT2D eigenvalue weighted by atomic mass is 79.9. The molecule has 1 aliphatic carbocycles. The summed E-state index contributed by atoms with van der Waals surface area (Å²) in [4.78, 5) is 2.36. The minimum atomic E-state index is -4.02. The van der Waals surface area contributed by atoms with Crippen LogP contribution >= 0.6 is 15.9 Å².